The number of carboxylic acid groups (broad SMARTS) is 1. The number of carbonyl (C=O) groups excluding carboxylic acids is 1. The van der Waals surface area contributed by atoms with Crippen LogP contribution in [0.1, 0.15) is 46.0 Å². The number of carbonyl (C=O) groups is 2. The molecule has 1 aliphatic carbocycles. The van der Waals surface area contributed by atoms with Gasteiger partial charge in [-0.25, -0.2) is 0 Å². The summed E-state index contributed by atoms with van der Waals surface area (Å²) in [4.78, 5) is 22.5. The maximum Gasteiger partial charge on any atom is 0.318 e. The molecule has 0 aromatic heterocycles. The third-order valence-corrected chi connectivity index (χ3v) is 3.40. The van der Waals surface area contributed by atoms with Crippen molar-refractivity contribution in [3.63, 3.8) is 0 Å². The van der Waals surface area contributed by atoms with E-state index in [0.29, 0.717) is 19.3 Å². The highest BCUT2D eigenvalue weighted by molar-refractivity contribution is 6.00. The number of hydrogen-bond donors (Lipinski definition) is 2. The largest absolute Gasteiger partial charge is 0.480 e. The van der Waals surface area contributed by atoms with Crippen LogP contribution in [-0.2, 0) is 14.3 Å². The summed E-state index contributed by atoms with van der Waals surface area (Å²) in [5.74, 6) is -1.59. The topological polar surface area (TPSA) is 75.6 Å². The van der Waals surface area contributed by atoms with Crippen LogP contribution < -0.4 is 5.32 Å². The highest BCUT2D eigenvalue weighted by Crippen LogP contribution is 2.20. The summed E-state index contributed by atoms with van der Waals surface area (Å²) in [6.45, 7) is 3.61. The Labute approximate surface area is 108 Å². The molecule has 0 unspecified atom stereocenters. The van der Waals surface area contributed by atoms with E-state index in [1.807, 2.05) is 0 Å². The number of rotatable bonds is 6. The number of hydrogen-bond acceptors (Lipinski definition) is 3. The molecule has 5 nitrogen and oxygen atoms in total. The summed E-state index contributed by atoms with van der Waals surface area (Å²) in [5, 5.41) is 11.5. The SMILES string of the molecule is CC(C)(C(=O)O)C(=O)NCCOC1CCCCC1. The van der Waals surface area contributed by atoms with E-state index in [2.05, 4.69) is 5.32 Å². The van der Waals surface area contributed by atoms with Crippen LogP contribution in [0, 0.1) is 5.41 Å². The molecule has 0 aromatic rings. The van der Waals surface area contributed by atoms with Crippen molar-refractivity contribution >= 4 is 11.9 Å². The third kappa shape index (κ3) is 4.29. The van der Waals surface area contributed by atoms with E-state index < -0.39 is 17.3 Å². The summed E-state index contributed by atoms with van der Waals surface area (Å²) in [6, 6.07) is 0. The van der Waals surface area contributed by atoms with Crippen LogP contribution in [0.4, 0.5) is 0 Å². The van der Waals surface area contributed by atoms with Crippen molar-refractivity contribution in [1.29, 1.82) is 0 Å². The highest BCUT2D eigenvalue weighted by Gasteiger charge is 2.35. The van der Waals surface area contributed by atoms with Crippen molar-refractivity contribution in [2.45, 2.75) is 52.1 Å². The zero-order chi connectivity index (χ0) is 13.6. The lowest BCUT2D eigenvalue weighted by atomic mass is 9.93. The van der Waals surface area contributed by atoms with Gasteiger partial charge in [-0.1, -0.05) is 19.3 Å². The molecule has 0 aromatic carbocycles. The van der Waals surface area contributed by atoms with Gasteiger partial charge in [0.2, 0.25) is 5.91 Å². The van der Waals surface area contributed by atoms with Crippen LogP contribution in [0.25, 0.3) is 0 Å². The molecule has 5 heteroatoms. The van der Waals surface area contributed by atoms with Crippen molar-refractivity contribution in [2.75, 3.05) is 13.2 Å². The smallest absolute Gasteiger partial charge is 0.318 e. The molecular formula is C13H23NO4. The Hall–Kier alpha value is -1.10. The van der Waals surface area contributed by atoms with Gasteiger partial charge >= 0.3 is 5.97 Å². The second-order valence-corrected chi connectivity index (χ2v) is 5.32. The first kappa shape index (κ1) is 15.0. The van der Waals surface area contributed by atoms with Gasteiger partial charge in [0, 0.05) is 6.54 Å². The molecule has 0 atom stereocenters. The molecule has 1 saturated carbocycles. The summed E-state index contributed by atoms with van der Waals surface area (Å²) >= 11 is 0. The highest BCUT2D eigenvalue weighted by atomic mass is 16.5. The van der Waals surface area contributed by atoms with E-state index in [1.54, 1.807) is 0 Å². The van der Waals surface area contributed by atoms with Crippen LogP contribution >= 0.6 is 0 Å². The predicted molar refractivity (Wildman–Crippen MR) is 67.3 cm³/mol. The van der Waals surface area contributed by atoms with E-state index in [0.717, 1.165) is 12.8 Å². The van der Waals surface area contributed by atoms with Crippen molar-refractivity contribution in [3.05, 3.63) is 0 Å². The van der Waals surface area contributed by atoms with Crippen LogP contribution in [0.3, 0.4) is 0 Å². The first-order valence-corrected chi connectivity index (χ1v) is 6.58. The molecule has 0 heterocycles. The molecule has 1 amide bonds. The first-order chi connectivity index (χ1) is 8.44. The molecule has 1 fully saturated rings. The second-order valence-electron chi connectivity index (χ2n) is 5.32. The Morgan fingerprint density at radius 3 is 2.44 bits per heavy atom. The van der Waals surface area contributed by atoms with Gasteiger partial charge in [0.15, 0.2) is 0 Å². The van der Waals surface area contributed by atoms with E-state index in [-0.39, 0.29) is 0 Å². The standard InChI is InChI=1S/C13H23NO4/c1-13(2,12(16)17)11(15)14-8-9-18-10-6-4-3-5-7-10/h10H,3-9H2,1-2H3,(H,14,15)(H,16,17). The first-order valence-electron chi connectivity index (χ1n) is 6.58. The fraction of sp³-hybridized carbons (Fsp3) is 0.846. The van der Waals surface area contributed by atoms with E-state index in [1.165, 1.54) is 33.1 Å². The van der Waals surface area contributed by atoms with Crippen molar-refractivity contribution in [3.8, 4) is 0 Å². The van der Waals surface area contributed by atoms with Gasteiger partial charge in [-0.2, -0.15) is 0 Å². The molecule has 0 saturated heterocycles. The van der Waals surface area contributed by atoms with Crippen molar-refractivity contribution in [1.82, 2.24) is 5.32 Å². The minimum absolute atomic E-state index is 0.308. The fourth-order valence-corrected chi connectivity index (χ4v) is 1.94. The van der Waals surface area contributed by atoms with Crippen LogP contribution in [0.5, 0.6) is 0 Å². The molecule has 1 rings (SSSR count). The predicted octanol–water partition coefficient (Wildman–Crippen LogP) is 1.56. The Bertz CT molecular complexity index is 295. The maximum atomic E-state index is 11.6. The van der Waals surface area contributed by atoms with Crippen LogP contribution in [-0.4, -0.2) is 36.2 Å². The van der Waals surface area contributed by atoms with Gasteiger partial charge in [0.1, 0.15) is 5.41 Å². The number of aliphatic carboxylic acids is 1. The average molecular weight is 257 g/mol. The number of amides is 1. The third-order valence-electron chi connectivity index (χ3n) is 3.40. The zero-order valence-electron chi connectivity index (χ0n) is 11.2. The lowest BCUT2D eigenvalue weighted by Gasteiger charge is -2.23. The van der Waals surface area contributed by atoms with E-state index in [9.17, 15) is 9.59 Å². The lowest BCUT2D eigenvalue weighted by Crippen LogP contribution is -2.43. The van der Waals surface area contributed by atoms with Gasteiger partial charge in [0.05, 0.1) is 12.7 Å². The molecule has 0 radical (unpaired) electrons. The van der Waals surface area contributed by atoms with E-state index in [4.69, 9.17) is 9.84 Å². The zero-order valence-corrected chi connectivity index (χ0v) is 11.2. The molecule has 0 spiro atoms. The summed E-state index contributed by atoms with van der Waals surface area (Å²) in [6.07, 6.45) is 6.20. The number of ether oxygens (including phenoxy) is 1. The second kappa shape index (κ2) is 6.73. The van der Waals surface area contributed by atoms with Crippen LogP contribution in [0.2, 0.25) is 0 Å². The van der Waals surface area contributed by atoms with Crippen molar-refractivity contribution < 1.29 is 19.4 Å². The summed E-state index contributed by atoms with van der Waals surface area (Å²) in [5.41, 5.74) is -1.38. The minimum atomic E-state index is -1.38. The monoisotopic (exact) mass is 257 g/mol. The number of carboxylic acids is 1. The molecule has 1 aliphatic rings. The molecule has 0 bridgehead atoms. The van der Waals surface area contributed by atoms with Gasteiger partial charge < -0.3 is 15.2 Å². The molecule has 18 heavy (non-hydrogen) atoms. The Morgan fingerprint density at radius 1 is 1.28 bits per heavy atom. The Kier molecular flexibility index (Phi) is 5.59. The maximum absolute atomic E-state index is 11.6. The molecular weight excluding hydrogens is 234 g/mol. The Morgan fingerprint density at radius 2 is 1.89 bits per heavy atom. The van der Waals surface area contributed by atoms with Crippen LogP contribution in [0.15, 0.2) is 0 Å². The molecule has 0 aliphatic heterocycles. The Balaban J connectivity index is 2.17. The lowest BCUT2D eigenvalue weighted by molar-refractivity contribution is -0.153. The van der Waals surface area contributed by atoms with Crippen molar-refractivity contribution in [2.24, 2.45) is 5.41 Å². The summed E-state index contributed by atoms with van der Waals surface area (Å²) in [7, 11) is 0. The van der Waals surface area contributed by atoms with Gasteiger partial charge in [0.25, 0.3) is 0 Å². The summed E-state index contributed by atoms with van der Waals surface area (Å²) < 4.78 is 5.64. The average Bonchev–Trinajstić information content (AvgIpc) is 2.35. The quantitative estimate of drug-likeness (QED) is 0.559. The normalized spacial score (nSPS) is 17.4. The fourth-order valence-electron chi connectivity index (χ4n) is 1.94. The molecule has 2 N–H and O–H groups in total. The molecule has 104 valence electrons. The van der Waals surface area contributed by atoms with Gasteiger partial charge in [-0.3, -0.25) is 9.59 Å². The number of nitrogens with one attached hydrogen (secondary N) is 1. The van der Waals surface area contributed by atoms with Gasteiger partial charge in [-0.05, 0) is 26.7 Å². The van der Waals surface area contributed by atoms with E-state index >= 15 is 0 Å². The minimum Gasteiger partial charge on any atom is -0.480 e. The van der Waals surface area contributed by atoms with Gasteiger partial charge in [-0.15, -0.1) is 0 Å².